The van der Waals surface area contributed by atoms with Crippen molar-refractivity contribution in [3.63, 3.8) is 0 Å². The Labute approximate surface area is 241 Å². The fraction of sp³-hybridized carbons (Fsp3) is 0. The number of hydrogen-bond donors (Lipinski definition) is 0. The SMILES string of the molecule is Brc1ccc(-n2c3ccc(Br)cc3c3cc4c(cc32)c2cc(Br)ccc2n4-c2ccc(Br)cc2)cc1. The predicted molar refractivity (Wildman–Crippen MR) is 166 cm³/mol. The van der Waals surface area contributed by atoms with E-state index in [0.29, 0.717) is 0 Å². The molecule has 0 N–H and O–H groups in total. The van der Waals surface area contributed by atoms with E-state index in [4.69, 9.17) is 0 Å². The molecule has 0 aliphatic carbocycles. The Bertz CT molecular complexity index is 1820. The summed E-state index contributed by atoms with van der Waals surface area (Å²) in [5, 5.41) is 4.89. The molecule has 0 unspecified atom stereocenters. The molecule has 174 valence electrons. The van der Waals surface area contributed by atoms with Crippen molar-refractivity contribution >= 4 is 107 Å². The van der Waals surface area contributed by atoms with Crippen molar-refractivity contribution in [3.05, 3.63) is 115 Å². The lowest BCUT2D eigenvalue weighted by Crippen LogP contribution is -1.94. The standard InChI is InChI=1S/C30H16Br4N2/c31-17-1-7-21(8-2-17)35-27-11-5-19(33)13-23(27)25-16-30-26(15-29(25)35)24-14-20(34)6-12-28(24)36(30)22-9-3-18(32)4-10-22/h1-16H. The number of rotatable bonds is 2. The van der Waals surface area contributed by atoms with Crippen LogP contribution in [0.3, 0.4) is 0 Å². The molecule has 7 aromatic rings. The van der Waals surface area contributed by atoms with Crippen LogP contribution in [-0.2, 0) is 0 Å². The number of benzene rings is 5. The smallest absolute Gasteiger partial charge is 0.0548 e. The second kappa shape index (κ2) is 8.59. The monoisotopic (exact) mass is 720 g/mol. The Morgan fingerprint density at radius 2 is 0.667 bits per heavy atom. The molecule has 0 atom stereocenters. The van der Waals surface area contributed by atoms with Crippen LogP contribution in [0.15, 0.2) is 115 Å². The van der Waals surface area contributed by atoms with Crippen molar-refractivity contribution in [1.82, 2.24) is 9.13 Å². The summed E-state index contributed by atoms with van der Waals surface area (Å²) < 4.78 is 9.01. The van der Waals surface area contributed by atoms with E-state index in [1.165, 1.54) is 43.6 Å². The fourth-order valence-corrected chi connectivity index (χ4v) is 6.46. The lowest BCUT2D eigenvalue weighted by molar-refractivity contribution is 1.17. The molecular weight excluding hydrogens is 708 g/mol. The second-order valence-electron chi connectivity index (χ2n) is 8.83. The van der Waals surface area contributed by atoms with E-state index in [-0.39, 0.29) is 0 Å². The van der Waals surface area contributed by atoms with Gasteiger partial charge in [0, 0.05) is 50.8 Å². The average molecular weight is 724 g/mol. The van der Waals surface area contributed by atoms with Gasteiger partial charge in [0.25, 0.3) is 0 Å². The van der Waals surface area contributed by atoms with Gasteiger partial charge in [0.15, 0.2) is 0 Å². The maximum absolute atomic E-state index is 3.71. The van der Waals surface area contributed by atoms with Crippen LogP contribution in [0.5, 0.6) is 0 Å². The van der Waals surface area contributed by atoms with Crippen LogP contribution < -0.4 is 0 Å². The van der Waals surface area contributed by atoms with Gasteiger partial charge >= 0.3 is 0 Å². The molecule has 7 rings (SSSR count). The van der Waals surface area contributed by atoms with Gasteiger partial charge in [0.2, 0.25) is 0 Å². The Morgan fingerprint density at radius 3 is 1.06 bits per heavy atom. The minimum absolute atomic E-state index is 1.07. The van der Waals surface area contributed by atoms with Gasteiger partial charge in [-0.3, -0.25) is 0 Å². The average Bonchev–Trinajstić information content (AvgIpc) is 3.35. The highest BCUT2D eigenvalue weighted by Crippen LogP contribution is 2.41. The quantitative estimate of drug-likeness (QED) is 0.168. The van der Waals surface area contributed by atoms with E-state index >= 15 is 0 Å². The van der Waals surface area contributed by atoms with E-state index in [1.807, 2.05) is 0 Å². The Kier molecular flexibility index (Phi) is 5.44. The molecule has 0 fully saturated rings. The maximum Gasteiger partial charge on any atom is 0.0548 e. The van der Waals surface area contributed by atoms with Gasteiger partial charge in [-0.1, -0.05) is 63.7 Å². The Balaban J connectivity index is 1.68. The molecule has 36 heavy (non-hydrogen) atoms. The summed E-state index contributed by atoms with van der Waals surface area (Å²) in [6.45, 7) is 0. The van der Waals surface area contributed by atoms with Gasteiger partial charge in [-0.05, 0) is 97.1 Å². The van der Waals surface area contributed by atoms with Gasteiger partial charge in [-0.2, -0.15) is 0 Å². The van der Waals surface area contributed by atoms with Gasteiger partial charge < -0.3 is 9.13 Å². The summed E-state index contributed by atoms with van der Waals surface area (Å²) >= 11 is 14.6. The topological polar surface area (TPSA) is 9.86 Å². The molecule has 0 spiro atoms. The molecule has 2 nitrogen and oxygen atoms in total. The minimum Gasteiger partial charge on any atom is -0.309 e. The largest absolute Gasteiger partial charge is 0.309 e. The predicted octanol–water partition coefficient (Wildman–Crippen LogP) is 10.9. The van der Waals surface area contributed by atoms with E-state index in [2.05, 4.69) is 170 Å². The van der Waals surface area contributed by atoms with Gasteiger partial charge in [-0.15, -0.1) is 0 Å². The van der Waals surface area contributed by atoms with Crippen molar-refractivity contribution in [1.29, 1.82) is 0 Å². The number of aromatic nitrogens is 2. The highest BCUT2D eigenvalue weighted by atomic mass is 79.9. The molecule has 0 radical (unpaired) electrons. The fourth-order valence-electron chi connectivity index (χ4n) is 5.21. The van der Waals surface area contributed by atoms with Crippen LogP contribution in [-0.4, -0.2) is 9.13 Å². The molecule has 2 heterocycles. The first kappa shape index (κ1) is 22.8. The van der Waals surface area contributed by atoms with Crippen molar-refractivity contribution in [3.8, 4) is 11.4 Å². The van der Waals surface area contributed by atoms with E-state index in [1.54, 1.807) is 0 Å². The summed E-state index contributed by atoms with van der Waals surface area (Å²) in [5.74, 6) is 0. The van der Waals surface area contributed by atoms with Crippen molar-refractivity contribution in [2.75, 3.05) is 0 Å². The lowest BCUT2D eigenvalue weighted by Gasteiger charge is -2.09. The number of fused-ring (bicyclic) bond motifs is 6. The van der Waals surface area contributed by atoms with E-state index in [9.17, 15) is 0 Å². The molecule has 6 heteroatoms. The van der Waals surface area contributed by atoms with Crippen molar-refractivity contribution in [2.24, 2.45) is 0 Å². The van der Waals surface area contributed by atoms with Gasteiger partial charge in [0.05, 0.1) is 22.1 Å². The maximum atomic E-state index is 3.71. The van der Waals surface area contributed by atoms with Crippen LogP contribution in [0, 0.1) is 0 Å². The normalized spacial score (nSPS) is 11.9. The van der Waals surface area contributed by atoms with E-state index < -0.39 is 0 Å². The van der Waals surface area contributed by atoms with Gasteiger partial charge in [-0.25, -0.2) is 0 Å². The molecule has 0 bridgehead atoms. The summed E-state index contributed by atoms with van der Waals surface area (Å²) in [5.41, 5.74) is 7.02. The van der Waals surface area contributed by atoms with Gasteiger partial charge in [0.1, 0.15) is 0 Å². The van der Waals surface area contributed by atoms with Crippen LogP contribution >= 0.6 is 63.7 Å². The van der Waals surface area contributed by atoms with E-state index in [0.717, 1.165) is 29.3 Å². The Hall–Kier alpha value is -2.38. The first-order chi connectivity index (χ1) is 17.5. The third-order valence-corrected chi connectivity index (χ3v) is 8.79. The molecular formula is C30H16Br4N2. The first-order valence-electron chi connectivity index (χ1n) is 11.4. The van der Waals surface area contributed by atoms with Crippen LogP contribution in [0.4, 0.5) is 0 Å². The third kappa shape index (κ3) is 3.53. The zero-order chi connectivity index (χ0) is 24.6. The minimum atomic E-state index is 1.07. The second-order valence-corrected chi connectivity index (χ2v) is 12.5. The van der Waals surface area contributed by atoms with Crippen LogP contribution in [0.1, 0.15) is 0 Å². The van der Waals surface area contributed by atoms with Crippen LogP contribution in [0.2, 0.25) is 0 Å². The summed E-state index contributed by atoms with van der Waals surface area (Å²) in [6.07, 6.45) is 0. The molecule has 2 aromatic heterocycles. The third-order valence-electron chi connectivity index (χ3n) is 6.74. The summed E-state index contributed by atoms with van der Waals surface area (Å²) in [6, 6.07) is 34.8. The molecule has 0 saturated heterocycles. The first-order valence-corrected chi connectivity index (χ1v) is 14.5. The van der Waals surface area contributed by atoms with Crippen LogP contribution in [0.25, 0.3) is 55.0 Å². The molecule has 0 aliphatic rings. The zero-order valence-corrected chi connectivity index (χ0v) is 25.0. The summed E-state index contributed by atoms with van der Waals surface area (Å²) in [7, 11) is 0. The van der Waals surface area contributed by atoms with Crippen molar-refractivity contribution in [2.45, 2.75) is 0 Å². The number of nitrogens with zero attached hydrogens (tertiary/aromatic N) is 2. The zero-order valence-electron chi connectivity index (χ0n) is 18.6. The lowest BCUT2D eigenvalue weighted by atomic mass is 10.1. The number of halogens is 4. The Morgan fingerprint density at radius 1 is 0.333 bits per heavy atom. The highest BCUT2D eigenvalue weighted by Gasteiger charge is 2.19. The summed E-state index contributed by atoms with van der Waals surface area (Å²) in [4.78, 5) is 0. The molecule has 0 aliphatic heterocycles. The highest BCUT2D eigenvalue weighted by molar-refractivity contribution is 9.11. The molecule has 5 aromatic carbocycles. The molecule has 0 amide bonds. The van der Waals surface area contributed by atoms with Crippen molar-refractivity contribution < 1.29 is 0 Å². The number of hydrogen-bond acceptors (Lipinski definition) is 0. The molecule has 0 saturated carbocycles.